The maximum absolute atomic E-state index is 9.10. The molecule has 0 spiro atoms. The van der Waals surface area contributed by atoms with E-state index in [9.17, 15) is 0 Å². The van der Waals surface area contributed by atoms with E-state index in [4.69, 9.17) is 36.8 Å². The second-order valence-corrected chi connectivity index (χ2v) is 5.17. The van der Waals surface area contributed by atoms with E-state index in [2.05, 4.69) is 15.2 Å². The number of fused-ring (bicyclic) bond motifs is 1. The Morgan fingerprint density at radius 3 is 2.70 bits per heavy atom. The van der Waals surface area contributed by atoms with Gasteiger partial charge in [0.1, 0.15) is 11.1 Å². The van der Waals surface area contributed by atoms with E-state index < -0.39 is 11.9 Å². The van der Waals surface area contributed by atoms with E-state index in [1.54, 1.807) is 6.20 Å². The quantitative estimate of drug-likeness (QED) is 0.525. The number of pyridine rings is 1. The van der Waals surface area contributed by atoms with Crippen molar-refractivity contribution < 1.29 is 24.5 Å². The number of nitrogens with one attached hydrogen (secondary N) is 1. The normalized spacial score (nSPS) is 16.3. The van der Waals surface area contributed by atoms with Crippen LogP contribution in [0, 0.1) is 0 Å². The first-order chi connectivity index (χ1) is 10.9. The minimum Gasteiger partial charge on any atom is -0.473 e. The Bertz CT molecular complexity index is 569. The van der Waals surface area contributed by atoms with E-state index in [0.29, 0.717) is 5.88 Å². The van der Waals surface area contributed by atoms with Crippen molar-refractivity contribution in [3.05, 3.63) is 23.9 Å². The molecule has 0 saturated heterocycles. The number of ether oxygens (including phenoxy) is 1. The van der Waals surface area contributed by atoms with Crippen molar-refractivity contribution in [2.75, 3.05) is 27.2 Å². The van der Waals surface area contributed by atoms with Crippen LogP contribution in [0.25, 0.3) is 0 Å². The van der Waals surface area contributed by atoms with Gasteiger partial charge in [-0.1, -0.05) is 12.2 Å². The average molecular weight is 341 g/mol. The topological polar surface area (TPSA) is 112 Å². The van der Waals surface area contributed by atoms with Crippen molar-refractivity contribution in [2.45, 2.75) is 12.5 Å². The minimum atomic E-state index is -1.82. The number of carboxylic acid groups (broad SMARTS) is 2. The number of carbonyl (C=O) groups is 2. The Balaban J connectivity index is 0.000000379. The number of aliphatic carboxylic acids is 2. The van der Waals surface area contributed by atoms with Crippen LogP contribution >= 0.6 is 12.2 Å². The van der Waals surface area contributed by atoms with Crippen LogP contribution in [0.15, 0.2) is 18.3 Å². The van der Waals surface area contributed by atoms with Crippen LogP contribution in [-0.4, -0.2) is 70.3 Å². The first-order valence-corrected chi connectivity index (χ1v) is 7.25. The third-order valence-corrected chi connectivity index (χ3v) is 3.53. The lowest BCUT2D eigenvalue weighted by Crippen LogP contribution is -2.35. The SMILES string of the molecule is CNCCC1CN(C)C(=S)c2cccnc2O1.O=C(O)C(=O)O. The Morgan fingerprint density at radius 2 is 2.13 bits per heavy atom. The van der Waals surface area contributed by atoms with E-state index in [1.165, 1.54) is 0 Å². The molecule has 1 unspecified atom stereocenters. The molecular weight excluding hydrogens is 322 g/mol. The third-order valence-electron chi connectivity index (χ3n) is 3.00. The molecule has 0 bridgehead atoms. The Labute approximate surface area is 139 Å². The van der Waals surface area contributed by atoms with Gasteiger partial charge in [0.2, 0.25) is 5.88 Å². The predicted octanol–water partition coefficient (Wildman–Crippen LogP) is 0.215. The summed E-state index contributed by atoms with van der Waals surface area (Å²) in [5, 5.41) is 17.9. The lowest BCUT2D eigenvalue weighted by atomic mass is 10.2. The van der Waals surface area contributed by atoms with Gasteiger partial charge in [-0.25, -0.2) is 14.6 Å². The van der Waals surface area contributed by atoms with Gasteiger partial charge in [0.25, 0.3) is 0 Å². The van der Waals surface area contributed by atoms with Crippen molar-refractivity contribution in [3.63, 3.8) is 0 Å². The molecular formula is C14H19N3O5S. The van der Waals surface area contributed by atoms with Crippen LogP contribution in [0.2, 0.25) is 0 Å². The summed E-state index contributed by atoms with van der Waals surface area (Å²) in [6, 6.07) is 3.85. The molecule has 9 heteroatoms. The standard InChI is InChI=1S/C12H17N3OS.C2H2O4/c1-13-7-5-9-8-15(2)12(17)10-4-3-6-14-11(10)16-9;3-1(4)2(5)6/h3-4,6,9,13H,5,7-8H2,1-2H3;(H,3,4)(H,5,6). The Morgan fingerprint density at radius 1 is 1.48 bits per heavy atom. The fourth-order valence-electron chi connectivity index (χ4n) is 1.89. The largest absolute Gasteiger partial charge is 0.473 e. The minimum absolute atomic E-state index is 0.126. The molecule has 8 nitrogen and oxygen atoms in total. The monoisotopic (exact) mass is 341 g/mol. The molecule has 23 heavy (non-hydrogen) atoms. The van der Waals surface area contributed by atoms with E-state index in [-0.39, 0.29) is 6.10 Å². The molecule has 0 amide bonds. The predicted molar refractivity (Wildman–Crippen MR) is 86.8 cm³/mol. The van der Waals surface area contributed by atoms with Crippen molar-refractivity contribution in [3.8, 4) is 5.88 Å². The fraction of sp³-hybridized carbons (Fsp3) is 0.429. The number of nitrogens with zero attached hydrogens (tertiary/aromatic N) is 2. The molecule has 0 aliphatic carbocycles. The van der Waals surface area contributed by atoms with Gasteiger partial charge in [0, 0.05) is 13.2 Å². The maximum atomic E-state index is 9.10. The molecule has 2 rings (SSSR count). The molecule has 1 aromatic rings. The van der Waals surface area contributed by atoms with E-state index in [1.807, 2.05) is 26.2 Å². The summed E-state index contributed by atoms with van der Waals surface area (Å²) < 4.78 is 5.92. The molecule has 2 heterocycles. The van der Waals surface area contributed by atoms with Gasteiger partial charge >= 0.3 is 11.9 Å². The van der Waals surface area contributed by atoms with Crippen LogP contribution in [-0.2, 0) is 9.59 Å². The molecule has 3 N–H and O–H groups in total. The van der Waals surface area contributed by atoms with E-state index >= 15 is 0 Å². The molecule has 1 aromatic heterocycles. The zero-order valence-corrected chi connectivity index (χ0v) is 13.7. The second kappa shape index (κ2) is 9.01. The number of carboxylic acids is 2. The number of hydrogen-bond acceptors (Lipinski definition) is 6. The molecule has 0 saturated carbocycles. The highest BCUT2D eigenvalue weighted by molar-refractivity contribution is 7.80. The van der Waals surface area contributed by atoms with E-state index in [0.717, 1.165) is 30.1 Å². The van der Waals surface area contributed by atoms with Crippen molar-refractivity contribution >= 4 is 29.1 Å². The van der Waals surface area contributed by atoms with Gasteiger partial charge in [-0.3, -0.25) is 0 Å². The zero-order chi connectivity index (χ0) is 17.4. The summed E-state index contributed by atoms with van der Waals surface area (Å²) in [5.74, 6) is -2.99. The molecule has 0 fully saturated rings. The second-order valence-electron chi connectivity index (χ2n) is 4.78. The van der Waals surface area contributed by atoms with Gasteiger partial charge in [-0.15, -0.1) is 0 Å². The summed E-state index contributed by atoms with van der Waals surface area (Å²) in [6.07, 6.45) is 2.81. The first kappa shape index (κ1) is 18.8. The van der Waals surface area contributed by atoms with Crippen molar-refractivity contribution in [2.24, 2.45) is 0 Å². The smallest absolute Gasteiger partial charge is 0.414 e. The molecule has 126 valence electrons. The summed E-state index contributed by atoms with van der Waals surface area (Å²) in [6.45, 7) is 1.73. The highest BCUT2D eigenvalue weighted by Gasteiger charge is 2.24. The summed E-state index contributed by atoms with van der Waals surface area (Å²) >= 11 is 5.43. The third kappa shape index (κ3) is 5.80. The fourth-order valence-corrected chi connectivity index (χ4v) is 2.12. The molecule has 0 radical (unpaired) electrons. The van der Waals surface area contributed by atoms with Crippen LogP contribution < -0.4 is 10.1 Å². The van der Waals surface area contributed by atoms with Crippen LogP contribution in [0.1, 0.15) is 12.0 Å². The Hall–Kier alpha value is -2.26. The van der Waals surface area contributed by atoms with Gasteiger partial charge in [-0.2, -0.15) is 0 Å². The van der Waals surface area contributed by atoms with Gasteiger partial charge in [-0.05, 0) is 32.1 Å². The molecule has 1 aliphatic rings. The average Bonchev–Trinajstić information content (AvgIpc) is 2.63. The first-order valence-electron chi connectivity index (χ1n) is 6.84. The van der Waals surface area contributed by atoms with Crippen LogP contribution in [0.5, 0.6) is 5.88 Å². The highest BCUT2D eigenvalue weighted by Crippen LogP contribution is 2.23. The Kier molecular flexibility index (Phi) is 7.36. The van der Waals surface area contributed by atoms with Gasteiger partial charge < -0.3 is 25.2 Å². The van der Waals surface area contributed by atoms with Crippen LogP contribution in [0.3, 0.4) is 0 Å². The number of aromatic nitrogens is 1. The summed E-state index contributed by atoms with van der Waals surface area (Å²) in [4.78, 5) is 25.3. The van der Waals surface area contributed by atoms with Crippen LogP contribution in [0.4, 0.5) is 0 Å². The van der Waals surface area contributed by atoms with Crippen molar-refractivity contribution in [1.29, 1.82) is 0 Å². The van der Waals surface area contributed by atoms with Gasteiger partial charge in [0.05, 0.1) is 12.1 Å². The molecule has 1 atom stereocenters. The summed E-state index contributed by atoms with van der Waals surface area (Å²) in [5.41, 5.74) is 0.914. The number of thiocarbonyl (C=S) groups is 1. The van der Waals surface area contributed by atoms with Gasteiger partial charge in [0.15, 0.2) is 0 Å². The molecule has 1 aliphatic heterocycles. The maximum Gasteiger partial charge on any atom is 0.414 e. The highest BCUT2D eigenvalue weighted by atomic mass is 32.1. The summed E-state index contributed by atoms with van der Waals surface area (Å²) in [7, 11) is 3.94. The van der Waals surface area contributed by atoms with Crippen molar-refractivity contribution in [1.82, 2.24) is 15.2 Å². The number of likely N-dealkylation sites (N-methyl/N-ethyl adjacent to an activating group) is 1. The lowest BCUT2D eigenvalue weighted by Gasteiger charge is -2.21. The number of rotatable bonds is 3. The zero-order valence-electron chi connectivity index (χ0n) is 12.9. The lowest BCUT2D eigenvalue weighted by molar-refractivity contribution is -0.159. The molecule has 0 aromatic carbocycles. The number of hydrogen-bond donors (Lipinski definition) is 3.